The maximum absolute atomic E-state index is 12.5. The van der Waals surface area contributed by atoms with Crippen LogP contribution < -0.4 is 14.4 Å². The van der Waals surface area contributed by atoms with Crippen molar-refractivity contribution in [3.63, 3.8) is 0 Å². The van der Waals surface area contributed by atoms with Crippen LogP contribution in [0, 0.1) is 0 Å². The lowest BCUT2D eigenvalue weighted by molar-refractivity contribution is -0.117. The van der Waals surface area contributed by atoms with Gasteiger partial charge in [-0.1, -0.05) is 11.2 Å². The summed E-state index contributed by atoms with van der Waals surface area (Å²) in [6.07, 6.45) is 1.98. The lowest BCUT2D eigenvalue weighted by Gasteiger charge is -2.18. The Morgan fingerprint density at radius 2 is 2.00 bits per heavy atom. The van der Waals surface area contributed by atoms with E-state index in [2.05, 4.69) is 15.1 Å². The molecule has 0 saturated carbocycles. The van der Waals surface area contributed by atoms with Crippen molar-refractivity contribution in [1.82, 2.24) is 15.1 Å². The zero-order chi connectivity index (χ0) is 18.8. The highest BCUT2D eigenvalue weighted by Crippen LogP contribution is 2.36. The quantitative estimate of drug-likeness (QED) is 0.685. The first-order valence-corrected chi connectivity index (χ1v) is 8.47. The van der Waals surface area contributed by atoms with E-state index in [1.54, 1.807) is 43.5 Å². The van der Waals surface area contributed by atoms with Gasteiger partial charge in [0.05, 0.1) is 14.2 Å². The number of hydrogen-bond acceptors (Lipinski definition) is 7. The predicted molar refractivity (Wildman–Crippen MR) is 96.8 cm³/mol. The summed E-state index contributed by atoms with van der Waals surface area (Å²) in [7, 11) is 3.14. The Hall–Kier alpha value is -3.42. The highest BCUT2D eigenvalue weighted by atomic mass is 16.5. The van der Waals surface area contributed by atoms with Crippen LogP contribution in [0.25, 0.3) is 11.6 Å². The van der Waals surface area contributed by atoms with Crippen LogP contribution in [0.2, 0.25) is 0 Å². The molecule has 0 bridgehead atoms. The molecule has 3 aromatic rings. The molecule has 0 radical (unpaired) electrons. The van der Waals surface area contributed by atoms with Gasteiger partial charge in [-0.3, -0.25) is 9.78 Å². The molecule has 1 aliphatic rings. The molecule has 27 heavy (non-hydrogen) atoms. The molecule has 1 atom stereocenters. The van der Waals surface area contributed by atoms with Crippen LogP contribution in [-0.2, 0) is 4.79 Å². The fourth-order valence-corrected chi connectivity index (χ4v) is 3.12. The van der Waals surface area contributed by atoms with Crippen LogP contribution in [0.1, 0.15) is 18.2 Å². The normalized spacial score (nSPS) is 16.6. The number of amides is 1. The summed E-state index contributed by atoms with van der Waals surface area (Å²) in [6.45, 7) is 0.468. The molecular formula is C19H18N4O4. The van der Waals surface area contributed by atoms with Crippen molar-refractivity contribution in [3.8, 4) is 23.1 Å². The molecule has 8 heteroatoms. The van der Waals surface area contributed by atoms with Gasteiger partial charge >= 0.3 is 0 Å². The second-order valence-electron chi connectivity index (χ2n) is 6.12. The Kier molecular flexibility index (Phi) is 4.45. The Bertz CT molecular complexity index is 957. The predicted octanol–water partition coefficient (Wildman–Crippen LogP) is 2.67. The van der Waals surface area contributed by atoms with Gasteiger partial charge in [0.15, 0.2) is 17.3 Å². The van der Waals surface area contributed by atoms with E-state index in [9.17, 15) is 4.79 Å². The van der Waals surface area contributed by atoms with Crippen LogP contribution >= 0.6 is 0 Å². The fraction of sp³-hybridized carbons (Fsp3) is 0.263. The van der Waals surface area contributed by atoms with Gasteiger partial charge in [0.1, 0.15) is 5.69 Å². The van der Waals surface area contributed by atoms with Gasteiger partial charge in [0.25, 0.3) is 5.89 Å². The van der Waals surface area contributed by atoms with Gasteiger partial charge < -0.3 is 18.9 Å². The Labute approximate surface area is 155 Å². The first-order chi connectivity index (χ1) is 13.2. The molecule has 1 amide bonds. The van der Waals surface area contributed by atoms with Crippen LogP contribution in [0.5, 0.6) is 11.5 Å². The SMILES string of the molecule is COc1ccc(N2CC(c3noc(-c4ccccn4)n3)CC2=O)cc1OC. The third-order valence-electron chi connectivity index (χ3n) is 4.49. The van der Waals surface area contributed by atoms with E-state index in [-0.39, 0.29) is 11.8 Å². The Morgan fingerprint density at radius 3 is 2.74 bits per heavy atom. The lowest BCUT2D eigenvalue weighted by atomic mass is 10.1. The van der Waals surface area contributed by atoms with Crippen molar-refractivity contribution in [2.75, 3.05) is 25.7 Å². The molecule has 1 aromatic carbocycles. The summed E-state index contributed by atoms with van der Waals surface area (Å²) >= 11 is 0. The second kappa shape index (κ2) is 7.06. The third-order valence-corrected chi connectivity index (χ3v) is 4.49. The molecule has 1 saturated heterocycles. The molecule has 1 fully saturated rings. The molecule has 8 nitrogen and oxygen atoms in total. The summed E-state index contributed by atoms with van der Waals surface area (Å²) in [5.41, 5.74) is 1.35. The number of ether oxygens (including phenoxy) is 2. The molecule has 4 rings (SSSR count). The number of carbonyl (C=O) groups is 1. The van der Waals surface area contributed by atoms with Crippen molar-refractivity contribution in [2.24, 2.45) is 0 Å². The van der Waals surface area contributed by atoms with Crippen molar-refractivity contribution in [2.45, 2.75) is 12.3 Å². The van der Waals surface area contributed by atoms with Crippen LogP contribution in [0.15, 0.2) is 47.1 Å². The summed E-state index contributed by atoms with van der Waals surface area (Å²) < 4.78 is 15.9. The van der Waals surface area contributed by atoms with E-state index in [0.29, 0.717) is 41.9 Å². The van der Waals surface area contributed by atoms with Crippen molar-refractivity contribution in [1.29, 1.82) is 0 Å². The minimum atomic E-state index is -0.146. The summed E-state index contributed by atoms with van der Waals surface area (Å²) in [5, 5.41) is 4.05. The van der Waals surface area contributed by atoms with Crippen molar-refractivity contribution < 1.29 is 18.8 Å². The van der Waals surface area contributed by atoms with E-state index in [4.69, 9.17) is 14.0 Å². The summed E-state index contributed by atoms with van der Waals surface area (Å²) in [4.78, 5) is 22.9. The molecule has 2 aromatic heterocycles. The van der Waals surface area contributed by atoms with E-state index < -0.39 is 0 Å². The monoisotopic (exact) mass is 366 g/mol. The zero-order valence-corrected chi connectivity index (χ0v) is 15.0. The standard InChI is InChI=1S/C19H18N4O4/c1-25-15-7-6-13(10-16(15)26-2)23-11-12(9-17(23)24)18-21-19(27-22-18)14-5-3-4-8-20-14/h3-8,10,12H,9,11H2,1-2H3. The highest BCUT2D eigenvalue weighted by molar-refractivity contribution is 5.96. The number of methoxy groups -OCH3 is 2. The Morgan fingerprint density at radius 1 is 1.15 bits per heavy atom. The number of pyridine rings is 1. The molecule has 1 unspecified atom stereocenters. The van der Waals surface area contributed by atoms with Crippen molar-refractivity contribution in [3.05, 3.63) is 48.4 Å². The van der Waals surface area contributed by atoms with Crippen LogP contribution in [0.4, 0.5) is 5.69 Å². The average Bonchev–Trinajstić information content (AvgIpc) is 3.35. The van der Waals surface area contributed by atoms with E-state index in [1.807, 2.05) is 18.2 Å². The van der Waals surface area contributed by atoms with Crippen LogP contribution in [-0.4, -0.2) is 41.8 Å². The topological polar surface area (TPSA) is 90.6 Å². The van der Waals surface area contributed by atoms with E-state index in [1.165, 1.54) is 0 Å². The first kappa shape index (κ1) is 17.0. The number of carbonyl (C=O) groups excluding carboxylic acids is 1. The van der Waals surface area contributed by atoms with Gasteiger partial charge in [-0.25, -0.2) is 0 Å². The highest BCUT2D eigenvalue weighted by Gasteiger charge is 2.35. The number of hydrogen-bond donors (Lipinski definition) is 0. The minimum absolute atomic E-state index is 0.00333. The van der Waals surface area contributed by atoms with E-state index in [0.717, 1.165) is 5.69 Å². The first-order valence-electron chi connectivity index (χ1n) is 8.47. The molecule has 0 N–H and O–H groups in total. The molecular weight excluding hydrogens is 348 g/mol. The number of rotatable bonds is 5. The third kappa shape index (κ3) is 3.21. The molecule has 0 aliphatic carbocycles. The van der Waals surface area contributed by atoms with Gasteiger partial charge in [0, 0.05) is 36.8 Å². The largest absolute Gasteiger partial charge is 0.493 e. The number of anilines is 1. The zero-order valence-electron chi connectivity index (χ0n) is 15.0. The molecule has 138 valence electrons. The summed E-state index contributed by atoms with van der Waals surface area (Å²) in [5.74, 6) is 1.89. The number of aromatic nitrogens is 3. The minimum Gasteiger partial charge on any atom is -0.493 e. The second-order valence-corrected chi connectivity index (χ2v) is 6.12. The number of nitrogens with zero attached hydrogens (tertiary/aromatic N) is 4. The molecule has 0 spiro atoms. The smallest absolute Gasteiger partial charge is 0.276 e. The molecule has 1 aliphatic heterocycles. The fourth-order valence-electron chi connectivity index (χ4n) is 3.12. The maximum Gasteiger partial charge on any atom is 0.276 e. The van der Waals surface area contributed by atoms with Gasteiger partial charge in [-0.2, -0.15) is 4.98 Å². The Balaban J connectivity index is 1.55. The van der Waals surface area contributed by atoms with Crippen molar-refractivity contribution >= 4 is 11.6 Å². The number of benzene rings is 1. The van der Waals surface area contributed by atoms with Gasteiger partial charge in [-0.15, -0.1) is 0 Å². The lowest BCUT2D eigenvalue weighted by Crippen LogP contribution is -2.24. The maximum atomic E-state index is 12.5. The average molecular weight is 366 g/mol. The summed E-state index contributed by atoms with van der Waals surface area (Å²) in [6, 6.07) is 10.9. The van der Waals surface area contributed by atoms with Gasteiger partial charge in [0.2, 0.25) is 5.91 Å². The van der Waals surface area contributed by atoms with Gasteiger partial charge in [-0.05, 0) is 24.3 Å². The van der Waals surface area contributed by atoms with E-state index >= 15 is 0 Å². The van der Waals surface area contributed by atoms with Crippen LogP contribution in [0.3, 0.4) is 0 Å². The molecule has 3 heterocycles.